The van der Waals surface area contributed by atoms with Gasteiger partial charge in [0.15, 0.2) is 0 Å². The number of hydrogen-bond donors (Lipinski definition) is 2. The Morgan fingerprint density at radius 3 is 2.90 bits per heavy atom. The zero-order valence-electron chi connectivity index (χ0n) is 12.5. The van der Waals surface area contributed by atoms with Gasteiger partial charge in [-0.05, 0) is 56.6 Å². The van der Waals surface area contributed by atoms with Crippen LogP contribution < -0.4 is 11.1 Å². The van der Waals surface area contributed by atoms with Crippen molar-refractivity contribution in [2.24, 2.45) is 11.7 Å². The van der Waals surface area contributed by atoms with E-state index < -0.39 is 0 Å². The second-order valence-electron chi connectivity index (χ2n) is 6.09. The molecule has 2 aliphatic rings. The monoisotopic (exact) mass is 305 g/mol. The van der Waals surface area contributed by atoms with Gasteiger partial charge in [0.25, 0.3) is 0 Å². The average Bonchev–Trinajstić information content (AvgIpc) is 2.94. The summed E-state index contributed by atoms with van der Waals surface area (Å²) in [6.45, 7) is 3.93. The zero-order valence-corrected chi connectivity index (χ0v) is 13.3. The molecule has 0 spiro atoms. The molecule has 21 heavy (non-hydrogen) atoms. The number of nitrogens with one attached hydrogen (secondary N) is 1. The van der Waals surface area contributed by atoms with Crippen molar-refractivity contribution in [3.05, 3.63) is 22.9 Å². The van der Waals surface area contributed by atoms with Crippen LogP contribution in [-0.4, -0.2) is 29.2 Å². The Morgan fingerprint density at radius 2 is 2.19 bits per heavy atom. The van der Waals surface area contributed by atoms with Crippen LogP contribution >= 0.6 is 12.2 Å². The first-order valence-corrected chi connectivity index (χ1v) is 8.23. The fourth-order valence-corrected chi connectivity index (χ4v) is 3.47. The van der Waals surface area contributed by atoms with Gasteiger partial charge in [-0.25, -0.2) is 4.98 Å². The molecule has 1 saturated heterocycles. The molecule has 5 heteroatoms. The second kappa shape index (κ2) is 6.28. The standard InChI is InChI=1S/C16H23N3OS/c1-10(11-5-7-20-8-6-11)18-16-13(15(17)21)9-12-3-2-4-14(12)19-16/h9-11H,2-8H2,1H3,(H2,17,21)(H,18,19). The van der Waals surface area contributed by atoms with E-state index >= 15 is 0 Å². The number of nitrogens with two attached hydrogens (primary N) is 1. The third-order valence-electron chi connectivity index (χ3n) is 4.65. The summed E-state index contributed by atoms with van der Waals surface area (Å²) in [7, 11) is 0. The van der Waals surface area contributed by atoms with Crippen molar-refractivity contribution in [1.29, 1.82) is 0 Å². The molecule has 3 N–H and O–H groups in total. The highest BCUT2D eigenvalue weighted by Gasteiger charge is 2.23. The Labute approximate surface area is 131 Å². The number of rotatable bonds is 4. The van der Waals surface area contributed by atoms with Crippen molar-refractivity contribution in [1.82, 2.24) is 4.98 Å². The summed E-state index contributed by atoms with van der Waals surface area (Å²) in [6.07, 6.45) is 5.53. The van der Waals surface area contributed by atoms with E-state index in [1.165, 1.54) is 17.7 Å². The molecule has 0 saturated carbocycles. The fourth-order valence-electron chi connectivity index (χ4n) is 3.32. The minimum Gasteiger partial charge on any atom is -0.389 e. The lowest BCUT2D eigenvalue weighted by molar-refractivity contribution is 0.0622. The SMILES string of the molecule is CC(Nc1nc2c(cc1C(N)=S)CCC2)C1CCOCC1. The Morgan fingerprint density at radius 1 is 1.43 bits per heavy atom. The largest absolute Gasteiger partial charge is 0.389 e. The first kappa shape index (κ1) is 14.7. The van der Waals surface area contributed by atoms with Crippen molar-refractivity contribution in [3.8, 4) is 0 Å². The van der Waals surface area contributed by atoms with Crippen LogP contribution in [0, 0.1) is 5.92 Å². The van der Waals surface area contributed by atoms with E-state index in [1.807, 2.05) is 0 Å². The third-order valence-corrected chi connectivity index (χ3v) is 4.87. The molecule has 1 aromatic heterocycles. The summed E-state index contributed by atoms with van der Waals surface area (Å²) in [5.41, 5.74) is 9.30. The van der Waals surface area contributed by atoms with Crippen molar-refractivity contribution in [2.45, 2.75) is 45.1 Å². The van der Waals surface area contributed by atoms with Gasteiger partial charge >= 0.3 is 0 Å². The number of fused-ring (bicyclic) bond motifs is 1. The van der Waals surface area contributed by atoms with E-state index in [0.717, 1.165) is 50.3 Å². The molecule has 3 rings (SSSR count). The maximum Gasteiger partial charge on any atom is 0.136 e. The van der Waals surface area contributed by atoms with Crippen molar-refractivity contribution >= 4 is 23.0 Å². The maximum absolute atomic E-state index is 5.89. The van der Waals surface area contributed by atoms with Crippen LogP contribution in [0.15, 0.2) is 6.07 Å². The third kappa shape index (κ3) is 3.19. The molecule has 1 aliphatic carbocycles. The van der Waals surface area contributed by atoms with E-state index in [-0.39, 0.29) is 0 Å². The quantitative estimate of drug-likeness (QED) is 0.837. The number of aryl methyl sites for hydroxylation is 2. The Kier molecular flexibility index (Phi) is 4.40. The van der Waals surface area contributed by atoms with Gasteiger partial charge in [0.1, 0.15) is 10.8 Å². The van der Waals surface area contributed by atoms with Crippen LogP contribution in [0.2, 0.25) is 0 Å². The van der Waals surface area contributed by atoms with E-state index in [4.69, 9.17) is 27.7 Å². The van der Waals surface area contributed by atoms with Crippen LogP contribution in [0.5, 0.6) is 0 Å². The van der Waals surface area contributed by atoms with Gasteiger partial charge in [-0.15, -0.1) is 0 Å². The molecule has 1 aromatic rings. The predicted octanol–water partition coefficient (Wildman–Crippen LogP) is 2.43. The minimum absolute atomic E-state index is 0.356. The summed E-state index contributed by atoms with van der Waals surface area (Å²) in [5.74, 6) is 1.48. The van der Waals surface area contributed by atoms with E-state index in [9.17, 15) is 0 Å². The second-order valence-corrected chi connectivity index (χ2v) is 6.53. The van der Waals surface area contributed by atoms with Gasteiger partial charge in [0.05, 0.1) is 5.56 Å². The van der Waals surface area contributed by atoms with Crippen molar-refractivity contribution in [3.63, 3.8) is 0 Å². The Balaban J connectivity index is 1.81. The smallest absolute Gasteiger partial charge is 0.136 e. The topological polar surface area (TPSA) is 60.2 Å². The molecule has 0 radical (unpaired) electrons. The summed E-state index contributed by atoms with van der Waals surface area (Å²) in [5, 5.41) is 3.56. The number of thiocarbonyl (C=S) groups is 1. The highest BCUT2D eigenvalue weighted by atomic mass is 32.1. The lowest BCUT2D eigenvalue weighted by Crippen LogP contribution is -2.32. The lowest BCUT2D eigenvalue weighted by Gasteiger charge is -2.29. The molecule has 0 aromatic carbocycles. The number of aromatic nitrogens is 1. The first-order valence-electron chi connectivity index (χ1n) is 7.82. The number of nitrogens with zero attached hydrogens (tertiary/aromatic N) is 1. The summed E-state index contributed by atoms with van der Waals surface area (Å²) in [4.78, 5) is 5.23. The molecule has 1 unspecified atom stereocenters. The van der Waals surface area contributed by atoms with Crippen LogP contribution in [0.25, 0.3) is 0 Å². The number of ether oxygens (including phenoxy) is 1. The molecule has 1 aliphatic heterocycles. The minimum atomic E-state index is 0.356. The van der Waals surface area contributed by atoms with Gasteiger partial charge in [-0.1, -0.05) is 12.2 Å². The molecule has 1 fully saturated rings. The van der Waals surface area contributed by atoms with E-state index in [2.05, 4.69) is 18.3 Å². The molecule has 0 bridgehead atoms. The van der Waals surface area contributed by atoms with Gasteiger partial charge in [-0.2, -0.15) is 0 Å². The number of pyridine rings is 1. The van der Waals surface area contributed by atoms with Gasteiger partial charge < -0.3 is 15.8 Å². The summed E-state index contributed by atoms with van der Waals surface area (Å²) < 4.78 is 5.44. The first-order chi connectivity index (χ1) is 10.1. The van der Waals surface area contributed by atoms with Gasteiger partial charge in [0, 0.05) is 24.9 Å². The average molecular weight is 305 g/mol. The number of anilines is 1. The molecular formula is C16H23N3OS. The molecule has 114 valence electrons. The van der Waals surface area contributed by atoms with Crippen LogP contribution in [-0.2, 0) is 17.6 Å². The van der Waals surface area contributed by atoms with Gasteiger partial charge in [0.2, 0.25) is 0 Å². The zero-order chi connectivity index (χ0) is 14.8. The van der Waals surface area contributed by atoms with E-state index in [1.54, 1.807) is 0 Å². The summed E-state index contributed by atoms with van der Waals surface area (Å²) >= 11 is 5.21. The highest BCUT2D eigenvalue weighted by Crippen LogP contribution is 2.27. The van der Waals surface area contributed by atoms with Crippen LogP contribution in [0.1, 0.15) is 43.0 Å². The van der Waals surface area contributed by atoms with Crippen molar-refractivity contribution < 1.29 is 4.74 Å². The Bertz CT molecular complexity index is 541. The van der Waals surface area contributed by atoms with E-state index in [0.29, 0.717) is 16.9 Å². The number of hydrogen-bond acceptors (Lipinski definition) is 4. The molecule has 4 nitrogen and oxygen atoms in total. The molecule has 1 atom stereocenters. The van der Waals surface area contributed by atoms with Crippen LogP contribution in [0.4, 0.5) is 5.82 Å². The normalized spacial score (nSPS) is 20.0. The predicted molar refractivity (Wildman–Crippen MR) is 88.8 cm³/mol. The Hall–Kier alpha value is -1.20. The molecule has 0 amide bonds. The van der Waals surface area contributed by atoms with Crippen molar-refractivity contribution in [2.75, 3.05) is 18.5 Å². The van der Waals surface area contributed by atoms with Gasteiger partial charge in [-0.3, -0.25) is 0 Å². The summed E-state index contributed by atoms with van der Waals surface area (Å²) in [6, 6.07) is 2.49. The maximum atomic E-state index is 5.89. The highest BCUT2D eigenvalue weighted by molar-refractivity contribution is 7.80. The fraction of sp³-hybridized carbons (Fsp3) is 0.625. The lowest BCUT2D eigenvalue weighted by atomic mass is 9.93. The molecular weight excluding hydrogens is 282 g/mol. The van der Waals surface area contributed by atoms with Crippen LogP contribution in [0.3, 0.4) is 0 Å². The molecule has 2 heterocycles.